The average Bonchev–Trinajstić information content (AvgIpc) is 2.32. The van der Waals surface area contributed by atoms with Gasteiger partial charge >= 0.3 is 0 Å². The van der Waals surface area contributed by atoms with Gasteiger partial charge in [-0.25, -0.2) is 19.9 Å². The second-order valence-corrected chi connectivity index (χ2v) is 4.93. The molecule has 0 aliphatic heterocycles. The van der Waals surface area contributed by atoms with Crippen LogP contribution < -0.4 is 5.73 Å². The standard InChI is InChI=1S/C12H15N5S/c1-3-4-10-16-9(13)5-11(17-10)18-12-14-6-8(2)7-15-12/h5-7H,3-4H2,1-2H3,(H2,13,16,17). The van der Waals surface area contributed by atoms with E-state index >= 15 is 0 Å². The first-order valence-corrected chi connectivity index (χ1v) is 6.59. The molecule has 2 aromatic heterocycles. The van der Waals surface area contributed by atoms with E-state index in [0.717, 1.165) is 29.3 Å². The minimum atomic E-state index is 0.489. The maximum absolute atomic E-state index is 5.76. The van der Waals surface area contributed by atoms with Gasteiger partial charge in [0.15, 0.2) is 5.16 Å². The van der Waals surface area contributed by atoms with Crippen molar-refractivity contribution >= 4 is 17.6 Å². The average molecular weight is 261 g/mol. The third-order valence-corrected chi connectivity index (χ3v) is 3.01. The summed E-state index contributed by atoms with van der Waals surface area (Å²) < 4.78 is 0. The molecule has 2 heterocycles. The van der Waals surface area contributed by atoms with Crippen LogP contribution in [0.15, 0.2) is 28.6 Å². The van der Waals surface area contributed by atoms with E-state index < -0.39 is 0 Å². The van der Waals surface area contributed by atoms with E-state index in [-0.39, 0.29) is 0 Å². The summed E-state index contributed by atoms with van der Waals surface area (Å²) in [7, 11) is 0. The van der Waals surface area contributed by atoms with E-state index in [0.29, 0.717) is 11.0 Å². The molecule has 0 fully saturated rings. The lowest BCUT2D eigenvalue weighted by Gasteiger charge is -2.04. The summed E-state index contributed by atoms with van der Waals surface area (Å²) in [4.78, 5) is 17.1. The van der Waals surface area contributed by atoms with Crippen molar-refractivity contribution in [2.24, 2.45) is 0 Å². The molecule has 18 heavy (non-hydrogen) atoms. The second-order valence-electron chi connectivity index (χ2n) is 3.94. The van der Waals surface area contributed by atoms with E-state index in [4.69, 9.17) is 5.73 Å². The summed E-state index contributed by atoms with van der Waals surface area (Å²) >= 11 is 1.40. The number of rotatable bonds is 4. The van der Waals surface area contributed by atoms with Crippen molar-refractivity contribution in [1.29, 1.82) is 0 Å². The van der Waals surface area contributed by atoms with Gasteiger partial charge in [0.25, 0.3) is 0 Å². The summed E-state index contributed by atoms with van der Waals surface area (Å²) in [6, 6.07) is 1.74. The number of aromatic nitrogens is 4. The smallest absolute Gasteiger partial charge is 0.193 e. The summed E-state index contributed by atoms with van der Waals surface area (Å²) in [6.07, 6.45) is 5.39. The van der Waals surface area contributed by atoms with E-state index in [1.807, 2.05) is 6.92 Å². The van der Waals surface area contributed by atoms with Gasteiger partial charge in [-0.2, -0.15) is 0 Å². The molecule has 0 unspecified atom stereocenters. The lowest BCUT2D eigenvalue weighted by molar-refractivity contribution is 0.811. The zero-order valence-electron chi connectivity index (χ0n) is 10.4. The van der Waals surface area contributed by atoms with Gasteiger partial charge in [0, 0.05) is 24.9 Å². The summed E-state index contributed by atoms with van der Waals surface area (Å²) in [5.74, 6) is 1.26. The molecule has 0 radical (unpaired) electrons. The molecule has 0 amide bonds. The van der Waals surface area contributed by atoms with E-state index in [1.165, 1.54) is 11.8 Å². The first-order valence-electron chi connectivity index (χ1n) is 5.77. The van der Waals surface area contributed by atoms with E-state index in [9.17, 15) is 0 Å². The molecule has 0 bridgehead atoms. The Morgan fingerprint density at radius 3 is 2.61 bits per heavy atom. The number of hydrogen-bond donors (Lipinski definition) is 1. The highest BCUT2D eigenvalue weighted by molar-refractivity contribution is 7.99. The van der Waals surface area contributed by atoms with Crippen molar-refractivity contribution in [1.82, 2.24) is 19.9 Å². The number of hydrogen-bond acceptors (Lipinski definition) is 6. The maximum atomic E-state index is 5.76. The van der Waals surface area contributed by atoms with Crippen LogP contribution in [0, 0.1) is 6.92 Å². The molecule has 94 valence electrons. The molecule has 2 N–H and O–H groups in total. The Hall–Kier alpha value is -1.69. The molecule has 0 saturated carbocycles. The molecule has 0 atom stereocenters. The fourth-order valence-electron chi connectivity index (χ4n) is 1.41. The highest BCUT2D eigenvalue weighted by Crippen LogP contribution is 2.23. The van der Waals surface area contributed by atoms with Crippen LogP contribution in [0.25, 0.3) is 0 Å². The SMILES string of the molecule is CCCc1nc(N)cc(Sc2ncc(C)cn2)n1. The third-order valence-electron chi connectivity index (χ3n) is 2.20. The molecule has 0 aliphatic rings. The topological polar surface area (TPSA) is 77.6 Å². The minimum Gasteiger partial charge on any atom is -0.384 e. The molecule has 0 spiro atoms. The first-order chi connectivity index (χ1) is 8.67. The Labute approximate surface area is 110 Å². The number of anilines is 1. The first kappa shape index (κ1) is 12.8. The quantitative estimate of drug-likeness (QED) is 0.672. The van der Waals surface area contributed by atoms with Crippen LogP contribution in [0.2, 0.25) is 0 Å². The molecule has 0 saturated heterocycles. The van der Waals surface area contributed by atoms with Crippen LogP contribution in [0.5, 0.6) is 0 Å². The largest absolute Gasteiger partial charge is 0.384 e. The van der Waals surface area contributed by atoms with Crippen LogP contribution in [0.4, 0.5) is 5.82 Å². The van der Waals surface area contributed by atoms with Crippen molar-refractivity contribution in [3.63, 3.8) is 0 Å². The van der Waals surface area contributed by atoms with Crippen molar-refractivity contribution in [2.75, 3.05) is 5.73 Å². The zero-order chi connectivity index (χ0) is 13.0. The Kier molecular flexibility index (Phi) is 4.09. The normalized spacial score (nSPS) is 10.6. The Balaban J connectivity index is 2.20. The summed E-state index contributed by atoms with van der Waals surface area (Å²) in [5, 5.41) is 1.45. The van der Waals surface area contributed by atoms with Crippen molar-refractivity contribution in [2.45, 2.75) is 36.9 Å². The van der Waals surface area contributed by atoms with Crippen LogP contribution in [-0.2, 0) is 6.42 Å². The van der Waals surface area contributed by atoms with Gasteiger partial charge in [0.2, 0.25) is 0 Å². The Morgan fingerprint density at radius 2 is 1.94 bits per heavy atom. The molecular weight excluding hydrogens is 246 g/mol. The molecular formula is C12H15N5S. The molecule has 0 aromatic carbocycles. The van der Waals surface area contributed by atoms with Gasteiger partial charge in [-0.3, -0.25) is 0 Å². The summed E-state index contributed by atoms with van der Waals surface area (Å²) in [6.45, 7) is 4.04. The van der Waals surface area contributed by atoms with Crippen molar-refractivity contribution in [3.8, 4) is 0 Å². The fraction of sp³-hybridized carbons (Fsp3) is 0.333. The van der Waals surface area contributed by atoms with Gasteiger partial charge in [0.05, 0.1) is 0 Å². The molecule has 2 rings (SSSR count). The van der Waals surface area contributed by atoms with Crippen LogP contribution >= 0.6 is 11.8 Å². The lowest BCUT2D eigenvalue weighted by Crippen LogP contribution is -2.00. The van der Waals surface area contributed by atoms with Crippen LogP contribution in [0.3, 0.4) is 0 Å². The minimum absolute atomic E-state index is 0.489. The number of nitrogens with two attached hydrogens (primary N) is 1. The zero-order valence-corrected chi connectivity index (χ0v) is 11.2. The number of nitrogens with zero attached hydrogens (tertiary/aromatic N) is 4. The van der Waals surface area contributed by atoms with Crippen molar-refractivity contribution in [3.05, 3.63) is 29.8 Å². The van der Waals surface area contributed by atoms with Gasteiger partial charge in [0.1, 0.15) is 16.7 Å². The van der Waals surface area contributed by atoms with Gasteiger partial charge in [-0.15, -0.1) is 0 Å². The molecule has 5 nitrogen and oxygen atoms in total. The number of nitrogen functional groups attached to an aromatic ring is 1. The number of aryl methyl sites for hydroxylation is 2. The molecule has 0 aliphatic carbocycles. The van der Waals surface area contributed by atoms with Crippen molar-refractivity contribution < 1.29 is 0 Å². The highest BCUT2D eigenvalue weighted by atomic mass is 32.2. The lowest BCUT2D eigenvalue weighted by atomic mass is 10.3. The summed E-state index contributed by atoms with van der Waals surface area (Å²) in [5.41, 5.74) is 6.80. The third kappa shape index (κ3) is 3.40. The second kappa shape index (κ2) is 5.77. The highest BCUT2D eigenvalue weighted by Gasteiger charge is 2.06. The fourth-order valence-corrected chi connectivity index (χ4v) is 2.14. The monoisotopic (exact) mass is 261 g/mol. The Bertz CT molecular complexity index is 526. The van der Waals surface area contributed by atoms with Crippen LogP contribution in [-0.4, -0.2) is 19.9 Å². The van der Waals surface area contributed by atoms with Gasteiger partial charge in [-0.05, 0) is 30.7 Å². The molecule has 2 aromatic rings. The van der Waals surface area contributed by atoms with Crippen LogP contribution in [0.1, 0.15) is 24.7 Å². The predicted molar refractivity (Wildman–Crippen MR) is 71.3 cm³/mol. The Morgan fingerprint density at radius 1 is 1.22 bits per heavy atom. The predicted octanol–water partition coefficient (Wildman–Crippen LogP) is 2.26. The van der Waals surface area contributed by atoms with E-state index in [1.54, 1.807) is 18.5 Å². The van der Waals surface area contributed by atoms with Gasteiger partial charge < -0.3 is 5.73 Å². The van der Waals surface area contributed by atoms with E-state index in [2.05, 4.69) is 26.9 Å². The molecule has 6 heteroatoms. The maximum Gasteiger partial charge on any atom is 0.193 e. The van der Waals surface area contributed by atoms with Gasteiger partial charge in [-0.1, -0.05) is 6.92 Å².